The number of hydrogen-bond acceptors (Lipinski definition) is 0. The fourth-order valence-electron chi connectivity index (χ4n) is 3.92. The lowest BCUT2D eigenvalue weighted by molar-refractivity contribution is 0.590. The van der Waals surface area contributed by atoms with Crippen LogP contribution in [0.15, 0.2) is 66.7 Å². The summed E-state index contributed by atoms with van der Waals surface area (Å²) in [5.41, 5.74) is 1.72. The molecule has 0 atom stereocenters. The Labute approximate surface area is 185 Å². The van der Waals surface area contributed by atoms with Crippen LogP contribution in [0.5, 0.6) is 0 Å². The van der Waals surface area contributed by atoms with Crippen LogP contribution in [0.3, 0.4) is 0 Å². The Morgan fingerprint density at radius 3 is 2.13 bits per heavy atom. The first-order valence-corrected chi connectivity index (χ1v) is 10.8. The zero-order chi connectivity index (χ0) is 22.0. The number of hydrogen-bond donors (Lipinski definition) is 0. The van der Waals surface area contributed by atoms with E-state index in [2.05, 4.69) is 6.92 Å². The summed E-state index contributed by atoms with van der Waals surface area (Å²) < 4.78 is 44.9. The van der Waals surface area contributed by atoms with Crippen molar-refractivity contribution in [2.75, 3.05) is 0 Å². The first-order chi connectivity index (χ1) is 15.0. The van der Waals surface area contributed by atoms with E-state index in [1.165, 1.54) is 12.1 Å². The van der Waals surface area contributed by atoms with Crippen molar-refractivity contribution in [3.8, 4) is 22.3 Å². The van der Waals surface area contributed by atoms with Gasteiger partial charge in [0.2, 0.25) is 0 Å². The van der Waals surface area contributed by atoms with Crippen LogP contribution in [0, 0.1) is 17.5 Å². The molecule has 0 radical (unpaired) electrons. The molecule has 0 amide bonds. The number of benzene rings is 4. The molecule has 0 aliphatic carbocycles. The highest BCUT2D eigenvalue weighted by atomic mass is 35.5. The molecule has 31 heavy (non-hydrogen) atoms. The predicted molar refractivity (Wildman–Crippen MR) is 123 cm³/mol. The predicted octanol–water partition coefficient (Wildman–Crippen LogP) is 8.98. The lowest BCUT2D eigenvalue weighted by Crippen LogP contribution is -1.95. The van der Waals surface area contributed by atoms with Gasteiger partial charge in [0.05, 0.1) is 5.56 Å². The largest absolute Gasteiger partial charge is 0.206 e. The van der Waals surface area contributed by atoms with E-state index in [0.29, 0.717) is 16.0 Å². The molecule has 0 aromatic heterocycles. The van der Waals surface area contributed by atoms with Gasteiger partial charge in [0, 0.05) is 16.0 Å². The molecule has 0 fully saturated rings. The molecule has 4 aromatic rings. The number of unbranched alkanes of at least 4 members (excludes halogenated alkanes) is 2. The fourth-order valence-corrected chi connectivity index (χ4v) is 4.05. The van der Waals surface area contributed by atoms with Crippen LogP contribution in [0.1, 0.15) is 31.7 Å². The van der Waals surface area contributed by atoms with Crippen molar-refractivity contribution in [3.63, 3.8) is 0 Å². The Morgan fingerprint density at radius 1 is 0.742 bits per heavy atom. The second-order valence-corrected chi connectivity index (χ2v) is 8.20. The summed E-state index contributed by atoms with van der Waals surface area (Å²) in [4.78, 5) is 0. The molecular formula is C27H22ClF3. The molecule has 0 aliphatic heterocycles. The quantitative estimate of drug-likeness (QED) is 0.263. The summed E-state index contributed by atoms with van der Waals surface area (Å²) in [7, 11) is 0. The normalized spacial score (nSPS) is 11.3. The first kappa shape index (κ1) is 21.5. The Morgan fingerprint density at radius 2 is 1.45 bits per heavy atom. The van der Waals surface area contributed by atoms with E-state index < -0.39 is 17.5 Å². The van der Waals surface area contributed by atoms with Crippen LogP contribution in [0.2, 0.25) is 5.02 Å². The zero-order valence-electron chi connectivity index (χ0n) is 17.2. The number of rotatable bonds is 6. The van der Waals surface area contributed by atoms with Crippen molar-refractivity contribution in [3.05, 3.63) is 94.8 Å². The third-order valence-electron chi connectivity index (χ3n) is 5.57. The van der Waals surface area contributed by atoms with Gasteiger partial charge in [-0.1, -0.05) is 73.8 Å². The van der Waals surface area contributed by atoms with E-state index in [4.69, 9.17) is 11.6 Å². The monoisotopic (exact) mass is 438 g/mol. The Bertz CT molecular complexity index is 1210. The van der Waals surface area contributed by atoms with Crippen molar-refractivity contribution >= 4 is 22.4 Å². The Kier molecular flexibility index (Phi) is 6.33. The molecule has 0 N–H and O–H groups in total. The molecule has 4 heteroatoms. The van der Waals surface area contributed by atoms with E-state index in [0.717, 1.165) is 36.6 Å². The summed E-state index contributed by atoms with van der Waals surface area (Å²) in [6.07, 6.45) is 4.36. The number of halogens is 4. The van der Waals surface area contributed by atoms with Crippen LogP contribution in [0.25, 0.3) is 33.0 Å². The van der Waals surface area contributed by atoms with Crippen molar-refractivity contribution in [1.82, 2.24) is 0 Å². The highest BCUT2D eigenvalue weighted by Gasteiger charge is 2.17. The van der Waals surface area contributed by atoms with Gasteiger partial charge in [0.25, 0.3) is 0 Å². The first-order valence-electron chi connectivity index (χ1n) is 10.4. The third kappa shape index (κ3) is 4.47. The van der Waals surface area contributed by atoms with Gasteiger partial charge < -0.3 is 0 Å². The minimum Gasteiger partial charge on any atom is -0.206 e. The maximum atomic E-state index is 15.3. The molecule has 158 valence electrons. The summed E-state index contributed by atoms with van der Waals surface area (Å²) in [6.45, 7) is 2.16. The lowest BCUT2D eigenvalue weighted by Gasteiger charge is -2.12. The van der Waals surface area contributed by atoms with Crippen LogP contribution in [-0.2, 0) is 6.42 Å². The molecule has 0 saturated heterocycles. The average Bonchev–Trinajstić information content (AvgIpc) is 2.75. The number of fused-ring (bicyclic) bond motifs is 1. The lowest BCUT2D eigenvalue weighted by atomic mass is 9.95. The highest BCUT2D eigenvalue weighted by Crippen LogP contribution is 2.35. The Balaban J connectivity index is 1.72. The molecule has 0 bridgehead atoms. The zero-order valence-corrected chi connectivity index (χ0v) is 17.9. The maximum Gasteiger partial charge on any atom is 0.138 e. The summed E-state index contributed by atoms with van der Waals surface area (Å²) in [6, 6.07) is 17.7. The van der Waals surface area contributed by atoms with E-state index in [-0.39, 0.29) is 16.7 Å². The van der Waals surface area contributed by atoms with Gasteiger partial charge >= 0.3 is 0 Å². The number of aryl methyl sites for hydroxylation is 1. The van der Waals surface area contributed by atoms with Gasteiger partial charge in [-0.15, -0.1) is 0 Å². The van der Waals surface area contributed by atoms with Crippen molar-refractivity contribution in [1.29, 1.82) is 0 Å². The Hall–Kier alpha value is -2.78. The molecule has 4 aromatic carbocycles. The summed E-state index contributed by atoms with van der Waals surface area (Å²) >= 11 is 5.86. The summed E-state index contributed by atoms with van der Waals surface area (Å²) in [5.74, 6) is -1.97. The van der Waals surface area contributed by atoms with Gasteiger partial charge in [-0.3, -0.25) is 0 Å². The van der Waals surface area contributed by atoms with Crippen LogP contribution in [0.4, 0.5) is 13.2 Å². The van der Waals surface area contributed by atoms with Gasteiger partial charge in [0.1, 0.15) is 17.5 Å². The van der Waals surface area contributed by atoms with Crippen molar-refractivity contribution in [2.24, 2.45) is 0 Å². The van der Waals surface area contributed by atoms with Crippen LogP contribution >= 0.6 is 11.6 Å². The summed E-state index contributed by atoms with van der Waals surface area (Å²) in [5, 5.41) is 1.71. The standard InChI is InChI=1S/C27H22ClF3/c1-2-3-4-5-17-6-12-22-19(14-17)9-13-23(27(22)31)20-15-24(29)26(25(30)16-20)18-7-10-21(28)11-8-18/h6-16H,2-5H2,1H3. The van der Waals surface area contributed by atoms with Gasteiger partial charge in [-0.05, 0) is 59.2 Å². The molecule has 0 aliphatic rings. The van der Waals surface area contributed by atoms with Crippen LogP contribution in [-0.4, -0.2) is 0 Å². The van der Waals surface area contributed by atoms with Crippen molar-refractivity contribution in [2.45, 2.75) is 32.6 Å². The minimum absolute atomic E-state index is 0.154. The maximum absolute atomic E-state index is 15.3. The molecule has 4 rings (SSSR count). The van der Waals surface area contributed by atoms with Gasteiger partial charge in [0.15, 0.2) is 0 Å². The van der Waals surface area contributed by atoms with E-state index >= 15 is 4.39 Å². The van der Waals surface area contributed by atoms with Gasteiger partial charge in [-0.2, -0.15) is 0 Å². The van der Waals surface area contributed by atoms with Gasteiger partial charge in [-0.25, -0.2) is 13.2 Å². The van der Waals surface area contributed by atoms with Crippen LogP contribution < -0.4 is 0 Å². The van der Waals surface area contributed by atoms with E-state index in [1.54, 1.807) is 42.5 Å². The molecule has 0 saturated carbocycles. The molecule has 0 spiro atoms. The van der Waals surface area contributed by atoms with E-state index in [9.17, 15) is 8.78 Å². The average molecular weight is 439 g/mol. The molecule has 0 heterocycles. The second-order valence-electron chi connectivity index (χ2n) is 7.76. The topological polar surface area (TPSA) is 0 Å². The molecular weight excluding hydrogens is 417 g/mol. The molecule has 0 nitrogen and oxygen atoms in total. The molecule has 0 unspecified atom stereocenters. The fraction of sp³-hybridized carbons (Fsp3) is 0.185. The van der Waals surface area contributed by atoms with E-state index in [1.807, 2.05) is 12.1 Å². The third-order valence-corrected chi connectivity index (χ3v) is 5.83. The van der Waals surface area contributed by atoms with Crippen molar-refractivity contribution < 1.29 is 13.2 Å². The smallest absolute Gasteiger partial charge is 0.138 e. The SMILES string of the molecule is CCCCCc1ccc2c(F)c(-c3cc(F)c(-c4ccc(Cl)cc4)c(F)c3)ccc2c1. The second kappa shape index (κ2) is 9.15. The highest BCUT2D eigenvalue weighted by molar-refractivity contribution is 6.30. The minimum atomic E-state index is -0.747.